The van der Waals surface area contributed by atoms with Crippen molar-refractivity contribution in [3.8, 4) is 11.3 Å². The maximum atomic E-state index is 5.23. The topological polar surface area (TPSA) is 81.7 Å². The normalized spacial score (nSPS) is 10.5. The Kier molecular flexibility index (Phi) is 2.57. The van der Waals surface area contributed by atoms with Crippen LogP contribution in [0.25, 0.3) is 11.3 Å². The molecule has 2 aromatic rings. The SMILES string of the molecule is Cc1nn(C)c(C)c1-c1ccc(NN)nn1. The number of anilines is 1. The first-order valence-corrected chi connectivity index (χ1v) is 4.94. The van der Waals surface area contributed by atoms with Gasteiger partial charge in [0.15, 0.2) is 5.82 Å². The summed E-state index contributed by atoms with van der Waals surface area (Å²) in [4.78, 5) is 0. The first-order valence-electron chi connectivity index (χ1n) is 4.94. The van der Waals surface area contributed by atoms with E-state index in [-0.39, 0.29) is 0 Å². The van der Waals surface area contributed by atoms with E-state index in [0.717, 1.165) is 22.6 Å². The van der Waals surface area contributed by atoms with Gasteiger partial charge in [-0.2, -0.15) is 5.10 Å². The van der Waals surface area contributed by atoms with Gasteiger partial charge in [0.1, 0.15) is 0 Å². The van der Waals surface area contributed by atoms with Gasteiger partial charge in [-0.25, -0.2) is 5.84 Å². The molecule has 0 saturated carbocycles. The molecule has 0 aliphatic heterocycles. The van der Waals surface area contributed by atoms with Gasteiger partial charge in [0.25, 0.3) is 0 Å². The van der Waals surface area contributed by atoms with Crippen molar-refractivity contribution in [3.05, 3.63) is 23.5 Å². The lowest BCUT2D eigenvalue weighted by molar-refractivity contribution is 0.731. The zero-order valence-corrected chi connectivity index (χ0v) is 9.52. The zero-order valence-electron chi connectivity index (χ0n) is 9.52. The van der Waals surface area contributed by atoms with Crippen molar-refractivity contribution in [1.82, 2.24) is 20.0 Å². The van der Waals surface area contributed by atoms with Crippen LogP contribution in [0.2, 0.25) is 0 Å². The maximum absolute atomic E-state index is 5.23. The Morgan fingerprint density at radius 2 is 2.00 bits per heavy atom. The largest absolute Gasteiger partial charge is 0.307 e. The fourth-order valence-electron chi connectivity index (χ4n) is 1.69. The molecule has 6 nitrogen and oxygen atoms in total. The average Bonchev–Trinajstić information content (AvgIpc) is 2.54. The molecule has 0 aliphatic rings. The van der Waals surface area contributed by atoms with Crippen molar-refractivity contribution in [2.45, 2.75) is 13.8 Å². The van der Waals surface area contributed by atoms with Gasteiger partial charge < -0.3 is 5.43 Å². The Balaban J connectivity index is 2.50. The molecule has 3 N–H and O–H groups in total. The van der Waals surface area contributed by atoms with Crippen molar-refractivity contribution in [2.24, 2.45) is 12.9 Å². The molecule has 0 bridgehead atoms. The number of nitrogens with one attached hydrogen (secondary N) is 1. The molecule has 0 amide bonds. The van der Waals surface area contributed by atoms with Crippen molar-refractivity contribution in [2.75, 3.05) is 5.43 Å². The van der Waals surface area contributed by atoms with E-state index in [9.17, 15) is 0 Å². The number of nitrogens with two attached hydrogens (primary N) is 1. The highest BCUT2D eigenvalue weighted by Gasteiger charge is 2.12. The van der Waals surface area contributed by atoms with Crippen molar-refractivity contribution < 1.29 is 0 Å². The number of nitrogen functional groups attached to an aromatic ring is 1. The van der Waals surface area contributed by atoms with E-state index in [0.29, 0.717) is 5.82 Å². The number of nitrogens with zero attached hydrogens (tertiary/aromatic N) is 4. The molecule has 0 unspecified atom stereocenters. The van der Waals surface area contributed by atoms with Crippen LogP contribution in [-0.4, -0.2) is 20.0 Å². The Morgan fingerprint density at radius 3 is 2.44 bits per heavy atom. The number of aromatic nitrogens is 4. The molecule has 0 atom stereocenters. The third kappa shape index (κ3) is 1.63. The molecule has 16 heavy (non-hydrogen) atoms. The molecule has 0 aromatic carbocycles. The molecule has 84 valence electrons. The first-order chi connectivity index (χ1) is 7.63. The number of rotatable bonds is 2. The summed E-state index contributed by atoms with van der Waals surface area (Å²) >= 11 is 0. The van der Waals surface area contributed by atoms with Crippen LogP contribution in [0.3, 0.4) is 0 Å². The van der Waals surface area contributed by atoms with Crippen LogP contribution in [0.15, 0.2) is 12.1 Å². The fourth-order valence-corrected chi connectivity index (χ4v) is 1.69. The lowest BCUT2D eigenvalue weighted by Crippen LogP contribution is -2.09. The van der Waals surface area contributed by atoms with E-state index in [2.05, 4.69) is 20.7 Å². The molecule has 2 rings (SSSR count). The van der Waals surface area contributed by atoms with Crippen LogP contribution in [0.1, 0.15) is 11.4 Å². The minimum atomic E-state index is 0.544. The summed E-state index contributed by atoms with van der Waals surface area (Å²) in [7, 11) is 1.91. The second-order valence-corrected chi connectivity index (χ2v) is 3.62. The van der Waals surface area contributed by atoms with Crippen LogP contribution >= 0.6 is 0 Å². The highest BCUT2D eigenvalue weighted by molar-refractivity contribution is 5.64. The van der Waals surface area contributed by atoms with Crippen LogP contribution in [-0.2, 0) is 7.05 Å². The van der Waals surface area contributed by atoms with Crippen LogP contribution in [0.5, 0.6) is 0 Å². The molecule has 2 heterocycles. The van der Waals surface area contributed by atoms with Crippen LogP contribution in [0, 0.1) is 13.8 Å². The first kappa shape index (κ1) is 10.6. The zero-order chi connectivity index (χ0) is 11.7. The molecule has 6 heteroatoms. The standard InChI is InChI=1S/C10H14N6/c1-6-10(7(2)16(3)15-6)8-4-5-9(12-11)14-13-8/h4-5H,11H2,1-3H3,(H,12,14). The van der Waals surface area contributed by atoms with E-state index < -0.39 is 0 Å². The second-order valence-electron chi connectivity index (χ2n) is 3.62. The number of hydrazine groups is 1. The summed E-state index contributed by atoms with van der Waals surface area (Å²) in [5, 5.41) is 12.4. The summed E-state index contributed by atoms with van der Waals surface area (Å²) in [6.45, 7) is 3.96. The predicted molar refractivity (Wildman–Crippen MR) is 61.5 cm³/mol. The lowest BCUT2D eigenvalue weighted by atomic mass is 10.1. The Hall–Kier alpha value is -1.95. The summed E-state index contributed by atoms with van der Waals surface area (Å²) in [6, 6.07) is 3.66. The smallest absolute Gasteiger partial charge is 0.162 e. The molecule has 0 fully saturated rings. The second kappa shape index (κ2) is 3.90. The molecular weight excluding hydrogens is 204 g/mol. The minimum absolute atomic E-state index is 0.544. The number of hydrogen-bond donors (Lipinski definition) is 2. The number of aryl methyl sites for hydroxylation is 2. The number of hydrogen-bond acceptors (Lipinski definition) is 5. The van der Waals surface area contributed by atoms with Crippen molar-refractivity contribution in [3.63, 3.8) is 0 Å². The van der Waals surface area contributed by atoms with Crippen molar-refractivity contribution in [1.29, 1.82) is 0 Å². The molecule has 2 aromatic heterocycles. The van der Waals surface area contributed by atoms with Gasteiger partial charge in [-0.1, -0.05) is 0 Å². The molecular formula is C10H14N6. The highest BCUT2D eigenvalue weighted by atomic mass is 15.3. The van der Waals surface area contributed by atoms with Crippen LogP contribution < -0.4 is 11.3 Å². The van der Waals surface area contributed by atoms with Crippen molar-refractivity contribution >= 4 is 5.82 Å². The fraction of sp³-hybridized carbons (Fsp3) is 0.300. The predicted octanol–water partition coefficient (Wildman–Crippen LogP) is 0.780. The molecule has 0 radical (unpaired) electrons. The van der Waals surface area contributed by atoms with E-state index >= 15 is 0 Å². The van der Waals surface area contributed by atoms with E-state index in [1.54, 1.807) is 6.07 Å². The summed E-state index contributed by atoms with van der Waals surface area (Å²) in [6.07, 6.45) is 0. The van der Waals surface area contributed by atoms with Crippen LogP contribution in [0.4, 0.5) is 5.82 Å². The Bertz CT molecular complexity index is 499. The minimum Gasteiger partial charge on any atom is -0.307 e. The maximum Gasteiger partial charge on any atom is 0.162 e. The lowest BCUT2D eigenvalue weighted by Gasteiger charge is -2.02. The van der Waals surface area contributed by atoms with Gasteiger partial charge >= 0.3 is 0 Å². The quantitative estimate of drug-likeness (QED) is 0.575. The van der Waals surface area contributed by atoms with Gasteiger partial charge in [-0.05, 0) is 26.0 Å². The molecule has 0 aliphatic carbocycles. The Morgan fingerprint density at radius 1 is 1.25 bits per heavy atom. The van der Waals surface area contributed by atoms with Gasteiger partial charge in [0.2, 0.25) is 0 Å². The third-order valence-corrected chi connectivity index (χ3v) is 2.58. The van der Waals surface area contributed by atoms with E-state index in [4.69, 9.17) is 5.84 Å². The third-order valence-electron chi connectivity index (χ3n) is 2.58. The highest BCUT2D eigenvalue weighted by Crippen LogP contribution is 2.24. The average molecular weight is 218 g/mol. The van der Waals surface area contributed by atoms with Gasteiger partial charge in [0.05, 0.1) is 11.4 Å². The monoisotopic (exact) mass is 218 g/mol. The van der Waals surface area contributed by atoms with E-state index in [1.165, 1.54) is 0 Å². The molecule has 0 saturated heterocycles. The summed E-state index contributed by atoms with van der Waals surface area (Å²) in [5.41, 5.74) is 6.30. The molecule has 0 spiro atoms. The van der Waals surface area contributed by atoms with Gasteiger partial charge in [-0.3, -0.25) is 4.68 Å². The van der Waals surface area contributed by atoms with E-state index in [1.807, 2.05) is 31.6 Å². The van der Waals surface area contributed by atoms with Gasteiger partial charge in [-0.15, -0.1) is 10.2 Å². The Labute approximate surface area is 93.5 Å². The van der Waals surface area contributed by atoms with Gasteiger partial charge in [0, 0.05) is 18.3 Å². The summed E-state index contributed by atoms with van der Waals surface area (Å²) in [5.74, 6) is 5.78. The summed E-state index contributed by atoms with van der Waals surface area (Å²) < 4.78 is 1.83.